The first kappa shape index (κ1) is 78.6. The Morgan fingerprint density at radius 2 is 0.420 bits per heavy atom. The van der Waals surface area contributed by atoms with E-state index in [1.807, 2.05) is 0 Å². The van der Waals surface area contributed by atoms with E-state index in [2.05, 4.69) is 57.2 Å². The Bertz CT molecular complexity index is 1350. The molecule has 0 radical (unpaired) electrons. The fourth-order valence-corrected chi connectivity index (χ4v) is 11.1. The second-order valence-corrected chi connectivity index (χ2v) is 24.8. The van der Waals surface area contributed by atoms with E-state index >= 15 is 0 Å². The molecule has 0 aliphatic heterocycles. The van der Waals surface area contributed by atoms with Crippen molar-refractivity contribution in [2.24, 2.45) is 0 Å². The van der Waals surface area contributed by atoms with Gasteiger partial charge in [-0.3, -0.25) is 14.4 Å². The van der Waals surface area contributed by atoms with Gasteiger partial charge < -0.3 is 14.2 Å². The van der Waals surface area contributed by atoms with Crippen LogP contribution >= 0.6 is 0 Å². The lowest BCUT2D eigenvalue weighted by Crippen LogP contribution is -2.30. The molecule has 0 bridgehead atoms. The molecule has 0 saturated carbocycles. The van der Waals surface area contributed by atoms with Crippen LogP contribution < -0.4 is 0 Å². The van der Waals surface area contributed by atoms with Gasteiger partial charge in [0.05, 0.1) is 0 Å². The molecule has 0 heterocycles. The zero-order valence-electron chi connectivity index (χ0n) is 54.8. The van der Waals surface area contributed by atoms with E-state index in [9.17, 15) is 14.4 Å². The smallest absolute Gasteiger partial charge is 0.306 e. The Morgan fingerprint density at radius 3 is 0.654 bits per heavy atom. The molecule has 81 heavy (non-hydrogen) atoms. The number of hydrogen-bond acceptors (Lipinski definition) is 6. The Morgan fingerprint density at radius 1 is 0.235 bits per heavy atom. The van der Waals surface area contributed by atoms with Gasteiger partial charge in [0.25, 0.3) is 0 Å². The number of allylic oxidation sites excluding steroid dienone is 6. The van der Waals surface area contributed by atoms with Crippen molar-refractivity contribution >= 4 is 17.9 Å². The van der Waals surface area contributed by atoms with Crippen LogP contribution in [0.25, 0.3) is 0 Å². The number of ether oxygens (including phenoxy) is 3. The number of rotatable bonds is 68. The SMILES string of the molecule is CCCC/C=C\CCCCCCCC(=O)OCC(COC(=O)CCCCCCCCCCCCCCCCCCCCCCC/C=C\CCCCCCCCCC)OC(=O)CCCCCCCCCCC/C=C\CCCCCCCC. The molecule has 0 aromatic carbocycles. The van der Waals surface area contributed by atoms with E-state index in [1.54, 1.807) is 0 Å². The minimum Gasteiger partial charge on any atom is -0.462 e. The van der Waals surface area contributed by atoms with Crippen molar-refractivity contribution < 1.29 is 28.6 Å². The minimum atomic E-state index is -0.775. The predicted molar refractivity (Wildman–Crippen MR) is 353 cm³/mol. The van der Waals surface area contributed by atoms with Gasteiger partial charge >= 0.3 is 17.9 Å². The third-order valence-electron chi connectivity index (χ3n) is 16.6. The van der Waals surface area contributed by atoms with Crippen LogP contribution in [0.1, 0.15) is 406 Å². The molecular formula is C75H140O6. The van der Waals surface area contributed by atoms with Crippen LogP contribution in [0.5, 0.6) is 0 Å². The maximum Gasteiger partial charge on any atom is 0.306 e. The first-order valence-corrected chi connectivity index (χ1v) is 36.5. The van der Waals surface area contributed by atoms with Gasteiger partial charge in [-0.25, -0.2) is 0 Å². The topological polar surface area (TPSA) is 78.9 Å². The minimum absolute atomic E-state index is 0.0709. The summed E-state index contributed by atoms with van der Waals surface area (Å²) in [6.45, 7) is 6.66. The molecular weight excluding hydrogens is 997 g/mol. The van der Waals surface area contributed by atoms with Crippen molar-refractivity contribution in [1.82, 2.24) is 0 Å². The summed E-state index contributed by atoms with van der Waals surface area (Å²) >= 11 is 0. The van der Waals surface area contributed by atoms with E-state index in [0.29, 0.717) is 19.3 Å². The third kappa shape index (κ3) is 68.3. The monoisotopic (exact) mass is 1140 g/mol. The molecule has 6 heteroatoms. The summed E-state index contributed by atoms with van der Waals surface area (Å²) < 4.78 is 17.0. The predicted octanol–water partition coefficient (Wildman–Crippen LogP) is 25.1. The molecule has 0 aromatic heterocycles. The maximum atomic E-state index is 12.9. The van der Waals surface area contributed by atoms with Crippen LogP contribution in [0.15, 0.2) is 36.5 Å². The van der Waals surface area contributed by atoms with Gasteiger partial charge in [0.1, 0.15) is 13.2 Å². The normalized spacial score (nSPS) is 12.2. The number of unbranched alkanes of at least 4 members (excludes halogenated alkanes) is 51. The van der Waals surface area contributed by atoms with Crippen LogP contribution in [0.3, 0.4) is 0 Å². The summed E-state index contributed by atoms with van der Waals surface area (Å²) in [5, 5.41) is 0. The molecule has 0 spiro atoms. The molecule has 1 unspecified atom stereocenters. The van der Waals surface area contributed by atoms with E-state index < -0.39 is 6.10 Å². The molecule has 0 rings (SSSR count). The summed E-state index contributed by atoms with van der Waals surface area (Å²) in [4.78, 5) is 38.3. The molecule has 6 nitrogen and oxygen atoms in total. The number of hydrogen-bond donors (Lipinski definition) is 0. The number of carbonyl (C=O) groups is 3. The zero-order valence-corrected chi connectivity index (χ0v) is 54.8. The molecule has 0 fully saturated rings. The van der Waals surface area contributed by atoms with E-state index in [4.69, 9.17) is 14.2 Å². The standard InChI is InChI=1S/C75H140O6/c1-4-7-10-13-16-19-22-24-26-28-30-31-32-33-34-35-36-37-38-39-40-41-42-43-45-46-48-50-53-56-59-62-65-68-74(77)80-71-72(70-79-73(76)67-64-61-58-55-52-21-18-15-12-9-6-3)81-75(78)69-66-63-60-57-54-51-49-47-44-29-27-25-23-20-17-14-11-8-5-2/h15,18,25,27-28,30,72H,4-14,16-17,19-24,26,29,31-71H2,1-3H3/b18-15-,27-25-,30-28-. The van der Waals surface area contributed by atoms with Crippen molar-refractivity contribution in [2.45, 2.75) is 412 Å². The Kier molecular flexibility index (Phi) is 68.1. The van der Waals surface area contributed by atoms with Gasteiger partial charge in [-0.1, -0.05) is 333 Å². The summed E-state index contributed by atoms with van der Waals surface area (Å²) in [5.74, 6) is -0.857. The third-order valence-corrected chi connectivity index (χ3v) is 16.6. The molecule has 0 aliphatic rings. The van der Waals surface area contributed by atoms with Crippen molar-refractivity contribution in [2.75, 3.05) is 13.2 Å². The van der Waals surface area contributed by atoms with E-state index in [-0.39, 0.29) is 31.1 Å². The van der Waals surface area contributed by atoms with E-state index in [1.165, 1.54) is 302 Å². The lowest BCUT2D eigenvalue weighted by atomic mass is 10.0. The quantitative estimate of drug-likeness (QED) is 0.0261. The highest BCUT2D eigenvalue weighted by atomic mass is 16.6. The fraction of sp³-hybridized carbons (Fsp3) is 0.880. The summed E-state index contributed by atoms with van der Waals surface area (Å²) in [6.07, 6.45) is 87.7. The Labute approximate surface area is 506 Å². The summed E-state index contributed by atoms with van der Waals surface area (Å²) in [6, 6.07) is 0. The van der Waals surface area contributed by atoms with E-state index in [0.717, 1.165) is 64.2 Å². The lowest BCUT2D eigenvalue weighted by molar-refractivity contribution is -0.167. The molecule has 0 amide bonds. The highest BCUT2D eigenvalue weighted by Crippen LogP contribution is 2.19. The second-order valence-electron chi connectivity index (χ2n) is 24.8. The highest BCUT2D eigenvalue weighted by molar-refractivity contribution is 5.71. The van der Waals surface area contributed by atoms with Crippen LogP contribution in [-0.4, -0.2) is 37.2 Å². The molecule has 0 N–H and O–H groups in total. The van der Waals surface area contributed by atoms with Crippen LogP contribution in [0, 0.1) is 0 Å². The largest absolute Gasteiger partial charge is 0.462 e. The maximum absolute atomic E-state index is 12.9. The summed E-state index contributed by atoms with van der Waals surface area (Å²) in [5.41, 5.74) is 0. The van der Waals surface area contributed by atoms with Gasteiger partial charge in [-0.15, -0.1) is 0 Å². The highest BCUT2D eigenvalue weighted by Gasteiger charge is 2.19. The number of esters is 3. The Balaban J connectivity index is 4.07. The average Bonchev–Trinajstić information content (AvgIpc) is 3.47. The molecule has 476 valence electrons. The fourth-order valence-electron chi connectivity index (χ4n) is 11.1. The van der Waals surface area contributed by atoms with Gasteiger partial charge in [0, 0.05) is 19.3 Å². The van der Waals surface area contributed by atoms with Crippen LogP contribution in [-0.2, 0) is 28.6 Å². The van der Waals surface area contributed by atoms with Gasteiger partial charge in [0.15, 0.2) is 6.10 Å². The second kappa shape index (κ2) is 70.1. The lowest BCUT2D eigenvalue weighted by Gasteiger charge is -2.18. The van der Waals surface area contributed by atoms with Crippen molar-refractivity contribution in [3.63, 3.8) is 0 Å². The van der Waals surface area contributed by atoms with Crippen molar-refractivity contribution in [3.8, 4) is 0 Å². The average molecular weight is 1140 g/mol. The Hall–Kier alpha value is -2.37. The van der Waals surface area contributed by atoms with Crippen LogP contribution in [0.2, 0.25) is 0 Å². The first-order chi connectivity index (χ1) is 40.0. The first-order valence-electron chi connectivity index (χ1n) is 36.5. The molecule has 1 atom stereocenters. The summed E-state index contributed by atoms with van der Waals surface area (Å²) in [7, 11) is 0. The van der Waals surface area contributed by atoms with Crippen LogP contribution in [0.4, 0.5) is 0 Å². The molecule has 0 aliphatic carbocycles. The molecule has 0 aromatic rings. The number of carbonyl (C=O) groups excluding carboxylic acids is 3. The van der Waals surface area contributed by atoms with Gasteiger partial charge in [0.2, 0.25) is 0 Å². The zero-order chi connectivity index (χ0) is 58.5. The van der Waals surface area contributed by atoms with Gasteiger partial charge in [-0.2, -0.15) is 0 Å². The molecule has 0 saturated heterocycles. The van der Waals surface area contributed by atoms with Crippen molar-refractivity contribution in [1.29, 1.82) is 0 Å². The van der Waals surface area contributed by atoms with Gasteiger partial charge in [-0.05, 0) is 89.9 Å². The van der Waals surface area contributed by atoms with Crippen molar-refractivity contribution in [3.05, 3.63) is 36.5 Å².